The van der Waals surface area contributed by atoms with E-state index >= 15 is 0 Å². The number of nitrogens with one attached hydrogen (secondary N) is 2. The molecule has 0 radical (unpaired) electrons. The van der Waals surface area contributed by atoms with Gasteiger partial charge in [0.2, 0.25) is 11.7 Å². The zero-order chi connectivity index (χ0) is 22.3. The molecule has 4 rings (SSSR count). The smallest absolute Gasteiger partial charge is 0.374 e. The van der Waals surface area contributed by atoms with Crippen LogP contribution in [0, 0.1) is 11.8 Å². The quantitative estimate of drug-likeness (QED) is 0.439. The van der Waals surface area contributed by atoms with Gasteiger partial charge in [0.05, 0.1) is 12.6 Å². The van der Waals surface area contributed by atoms with E-state index in [1.54, 1.807) is 12.1 Å². The summed E-state index contributed by atoms with van der Waals surface area (Å²) in [7, 11) is 0. The highest BCUT2D eigenvalue weighted by Crippen LogP contribution is 2.36. The summed E-state index contributed by atoms with van der Waals surface area (Å²) in [4.78, 5) is 25.3. The van der Waals surface area contributed by atoms with Crippen molar-refractivity contribution in [2.75, 3.05) is 31.7 Å². The molecule has 7 nitrogen and oxygen atoms in total. The monoisotopic (exact) mass is 442 g/mol. The molecule has 2 fully saturated rings. The topological polar surface area (TPSA) is 89.8 Å². The molecule has 1 aliphatic carbocycles. The number of rotatable bonds is 9. The largest absolute Gasteiger partial charge is 0.460 e. The number of hydrogen-bond acceptors (Lipinski definition) is 6. The SMILES string of the molecule is CCOCCCOC(=O)c1cc2cc(NC(=O)[C@@H]3NCC[C@H]3C3CCCCC3)ccc2o1. The molecule has 1 amide bonds. The first kappa shape index (κ1) is 22.8. The van der Waals surface area contributed by atoms with E-state index in [0.717, 1.165) is 18.4 Å². The van der Waals surface area contributed by atoms with Crippen molar-refractivity contribution < 1.29 is 23.5 Å². The van der Waals surface area contributed by atoms with Crippen LogP contribution in [0.15, 0.2) is 28.7 Å². The van der Waals surface area contributed by atoms with Crippen LogP contribution >= 0.6 is 0 Å². The van der Waals surface area contributed by atoms with E-state index < -0.39 is 5.97 Å². The van der Waals surface area contributed by atoms with Gasteiger partial charge in [-0.25, -0.2) is 4.79 Å². The molecule has 174 valence electrons. The predicted molar refractivity (Wildman–Crippen MR) is 123 cm³/mol. The first-order chi connectivity index (χ1) is 15.7. The normalized spacial score (nSPS) is 21.7. The molecule has 2 N–H and O–H groups in total. The molecule has 1 saturated heterocycles. The second-order valence-corrected chi connectivity index (χ2v) is 8.82. The summed E-state index contributed by atoms with van der Waals surface area (Å²) in [6.45, 7) is 4.32. The molecular weight excluding hydrogens is 408 g/mol. The Morgan fingerprint density at radius 1 is 1.12 bits per heavy atom. The molecule has 1 aromatic carbocycles. The van der Waals surface area contributed by atoms with Gasteiger partial charge in [-0.1, -0.05) is 32.1 Å². The first-order valence-electron chi connectivity index (χ1n) is 12.0. The van der Waals surface area contributed by atoms with Gasteiger partial charge in [0.25, 0.3) is 0 Å². The van der Waals surface area contributed by atoms with Crippen LogP contribution in [-0.4, -0.2) is 44.3 Å². The maximum atomic E-state index is 13.0. The summed E-state index contributed by atoms with van der Waals surface area (Å²) in [6, 6.07) is 6.95. The van der Waals surface area contributed by atoms with Crippen LogP contribution in [-0.2, 0) is 14.3 Å². The molecule has 0 bridgehead atoms. The average Bonchev–Trinajstić information content (AvgIpc) is 3.46. The second kappa shape index (κ2) is 11.0. The average molecular weight is 443 g/mol. The van der Waals surface area contributed by atoms with Crippen molar-refractivity contribution in [2.45, 2.75) is 57.9 Å². The van der Waals surface area contributed by atoms with E-state index in [1.165, 1.54) is 32.1 Å². The Morgan fingerprint density at radius 2 is 1.97 bits per heavy atom. The molecule has 0 unspecified atom stereocenters. The summed E-state index contributed by atoms with van der Waals surface area (Å²) in [5, 5.41) is 7.23. The van der Waals surface area contributed by atoms with E-state index in [4.69, 9.17) is 13.9 Å². The number of carbonyl (C=O) groups excluding carboxylic acids is 2. The number of fused-ring (bicyclic) bond motifs is 1. The van der Waals surface area contributed by atoms with Gasteiger partial charge in [-0.05, 0) is 56.0 Å². The lowest BCUT2D eigenvalue weighted by Gasteiger charge is -2.30. The Hall–Kier alpha value is -2.38. The Kier molecular flexibility index (Phi) is 7.81. The number of esters is 1. The van der Waals surface area contributed by atoms with Gasteiger partial charge in [-0.2, -0.15) is 0 Å². The van der Waals surface area contributed by atoms with Gasteiger partial charge < -0.3 is 24.5 Å². The second-order valence-electron chi connectivity index (χ2n) is 8.82. The molecular formula is C25H34N2O5. The number of carbonyl (C=O) groups is 2. The van der Waals surface area contributed by atoms with Crippen LogP contribution in [0.4, 0.5) is 5.69 Å². The summed E-state index contributed by atoms with van der Waals surface area (Å²) in [5.74, 6) is 0.753. The third-order valence-electron chi connectivity index (χ3n) is 6.66. The number of hydrogen-bond donors (Lipinski definition) is 2. The lowest BCUT2D eigenvalue weighted by Crippen LogP contribution is -2.42. The lowest BCUT2D eigenvalue weighted by atomic mass is 9.76. The first-order valence-corrected chi connectivity index (χ1v) is 12.0. The Labute approximate surface area is 189 Å². The van der Waals surface area contributed by atoms with Crippen molar-refractivity contribution >= 4 is 28.5 Å². The molecule has 32 heavy (non-hydrogen) atoms. The summed E-state index contributed by atoms with van der Waals surface area (Å²) < 4.78 is 16.1. The van der Waals surface area contributed by atoms with Crippen LogP contribution in [0.5, 0.6) is 0 Å². The van der Waals surface area contributed by atoms with Gasteiger partial charge in [-0.3, -0.25) is 4.79 Å². The summed E-state index contributed by atoms with van der Waals surface area (Å²) in [5.41, 5.74) is 1.29. The summed E-state index contributed by atoms with van der Waals surface area (Å²) >= 11 is 0. The zero-order valence-electron chi connectivity index (χ0n) is 18.9. The van der Waals surface area contributed by atoms with Crippen LogP contribution < -0.4 is 10.6 Å². The predicted octanol–water partition coefficient (Wildman–Crippen LogP) is 4.51. The summed E-state index contributed by atoms with van der Waals surface area (Å²) in [6.07, 6.45) is 8.07. The third kappa shape index (κ3) is 5.51. The maximum Gasteiger partial charge on any atom is 0.374 e. The van der Waals surface area contributed by atoms with Gasteiger partial charge in [0, 0.05) is 30.7 Å². The number of benzene rings is 1. The van der Waals surface area contributed by atoms with Gasteiger partial charge in [0.15, 0.2) is 0 Å². The molecule has 2 aromatic rings. The molecule has 2 atom stereocenters. The minimum atomic E-state index is -0.492. The van der Waals surface area contributed by atoms with Gasteiger partial charge >= 0.3 is 5.97 Å². The fourth-order valence-corrected chi connectivity index (χ4v) is 5.06. The van der Waals surface area contributed by atoms with E-state index in [1.807, 2.05) is 19.1 Å². The van der Waals surface area contributed by atoms with E-state index in [0.29, 0.717) is 42.7 Å². The highest BCUT2D eigenvalue weighted by atomic mass is 16.5. The third-order valence-corrected chi connectivity index (χ3v) is 6.66. The minimum absolute atomic E-state index is 0.0230. The van der Waals surface area contributed by atoms with Crippen molar-refractivity contribution in [3.63, 3.8) is 0 Å². The van der Waals surface area contributed by atoms with Crippen LogP contribution in [0.2, 0.25) is 0 Å². The maximum absolute atomic E-state index is 13.0. The van der Waals surface area contributed by atoms with E-state index in [-0.39, 0.29) is 24.3 Å². The van der Waals surface area contributed by atoms with Crippen LogP contribution in [0.1, 0.15) is 62.4 Å². The molecule has 0 spiro atoms. The van der Waals surface area contributed by atoms with E-state index in [2.05, 4.69) is 10.6 Å². The number of anilines is 1. The molecule has 1 saturated carbocycles. The Morgan fingerprint density at radius 3 is 2.78 bits per heavy atom. The van der Waals surface area contributed by atoms with Crippen molar-refractivity contribution in [3.05, 3.63) is 30.0 Å². The van der Waals surface area contributed by atoms with Crippen molar-refractivity contribution in [3.8, 4) is 0 Å². The highest BCUT2D eigenvalue weighted by molar-refractivity contribution is 5.98. The molecule has 1 aliphatic heterocycles. The van der Waals surface area contributed by atoms with Gasteiger partial charge in [0.1, 0.15) is 5.58 Å². The molecule has 2 aliphatic rings. The highest BCUT2D eigenvalue weighted by Gasteiger charge is 2.38. The van der Waals surface area contributed by atoms with Gasteiger partial charge in [-0.15, -0.1) is 0 Å². The number of furan rings is 1. The van der Waals surface area contributed by atoms with E-state index in [9.17, 15) is 9.59 Å². The Bertz CT molecular complexity index is 918. The Balaban J connectivity index is 1.36. The molecule has 7 heteroatoms. The minimum Gasteiger partial charge on any atom is -0.460 e. The molecule has 2 heterocycles. The fraction of sp³-hybridized carbons (Fsp3) is 0.600. The lowest BCUT2D eigenvalue weighted by molar-refractivity contribution is -0.119. The van der Waals surface area contributed by atoms with Crippen LogP contribution in [0.25, 0.3) is 11.0 Å². The van der Waals surface area contributed by atoms with Crippen LogP contribution in [0.3, 0.4) is 0 Å². The van der Waals surface area contributed by atoms with Crippen molar-refractivity contribution in [1.29, 1.82) is 0 Å². The number of amides is 1. The number of ether oxygens (including phenoxy) is 2. The fourth-order valence-electron chi connectivity index (χ4n) is 5.06. The van der Waals surface area contributed by atoms with Crippen molar-refractivity contribution in [1.82, 2.24) is 5.32 Å². The van der Waals surface area contributed by atoms with Crippen molar-refractivity contribution in [2.24, 2.45) is 11.8 Å². The zero-order valence-corrected chi connectivity index (χ0v) is 18.9. The molecule has 1 aromatic heterocycles. The standard InChI is InChI=1S/C25H34N2O5/c1-2-30-13-6-14-31-25(29)22-16-18-15-19(9-10-21(18)32-22)27-24(28)23-20(11-12-26-23)17-7-4-3-5-8-17/h9-10,15-17,20,23,26H,2-8,11-14H2,1H3,(H,27,28)/t20-,23+/m0/s1.